The van der Waals surface area contributed by atoms with Crippen LogP contribution in [0.15, 0.2) is 60.7 Å². The third-order valence-electron chi connectivity index (χ3n) is 5.42. The summed E-state index contributed by atoms with van der Waals surface area (Å²) in [4.78, 5) is 51.0. The molecule has 9 nitrogen and oxygen atoms in total. The Morgan fingerprint density at radius 2 is 1.31 bits per heavy atom. The van der Waals surface area contributed by atoms with Crippen molar-refractivity contribution in [2.75, 3.05) is 0 Å². The van der Waals surface area contributed by atoms with Crippen LogP contribution in [0.2, 0.25) is 0 Å². The van der Waals surface area contributed by atoms with E-state index >= 15 is 0 Å². The maximum Gasteiger partial charge on any atom is 0.408 e. The van der Waals surface area contributed by atoms with Crippen LogP contribution in [0, 0.1) is 5.92 Å². The minimum atomic E-state index is -1.14. The third-order valence-corrected chi connectivity index (χ3v) is 5.42. The Morgan fingerprint density at radius 1 is 0.769 bits per heavy atom. The molecular formula is C30H40N2O7. The van der Waals surface area contributed by atoms with E-state index in [9.17, 15) is 19.2 Å². The van der Waals surface area contributed by atoms with Crippen molar-refractivity contribution < 1.29 is 33.4 Å². The van der Waals surface area contributed by atoms with Crippen LogP contribution in [0.3, 0.4) is 0 Å². The lowest BCUT2D eigenvalue weighted by Gasteiger charge is -2.25. The fourth-order valence-corrected chi connectivity index (χ4v) is 3.58. The normalized spacial score (nSPS) is 12.7. The first-order chi connectivity index (χ1) is 18.4. The molecule has 2 atom stereocenters. The first-order valence-corrected chi connectivity index (χ1v) is 13.1. The van der Waals surface area contributed by atoms with Gasteiger partial charge in [-0.15, -0.1) is 0 Å². The van der Waals surface area contributed by atoms with Crippen molar-refractivity contribution in [1.29, 1.82) is 0 Å². The van der Waals surface area contributed by atoms with Crippen molar-refractivity contribution in [2.24, 2.45) is 5.92 Å². The van der Waals surface area contributed by atoms with Gasteiger partial charge in [-0.3, -0.25) is 9.59 Å². The number of amides is 2. The van der Waals surface area contributed by atoms with Crippen LogP contribution >= 0.6 is 0 Å². The summed E-state index contributed by atoms with van der Waals surface area (Å²) < 4.78 is 16.0. The van der Waals surface area contributed by atoms with Crippen molar-refractivity contribution in [3.63, 3.8) is 0 Å². The first-order valence-electron chi connectivity index (χ1n) is 13.1. The maximum atomic E-state index is 13.3. The lowest BCUT2D eigenvalue weighted by molar-refractivity contribution is -0.150. The molecule has 0 saturated carbocycles. The lowest BCUT2D eigenvalue weighted by atomic mass is 10.0. The van der Waals surface area contributed by atoms with Crippen LogP contribution < -0.4 is 10.6 Å². The highest BCUT2D eigenvalue weighted by atomic mass is 16.6. The van der Waals surface area contributed by atoms with E-state index in [2.05, 4.69) is 10.6 Å². The van der Waals surface area contributed by atoms with E-state index in [-0.39, 0.29) is 32.0 Å². The molecule has 0 unspecified atom stereocenters. The molecule has 0 heterocycles. The Morgan fingerprint density at radius 3 is 1.82 bits per heavy atom. The van der Waals surface area contributed by atoms with Gasteiger partial charge in [-0.05, 0) is 50.7 Å². The molecule has 39 heavy (non-hydrogen) atoms. The summed E-state index contributed by atoms with van der Waals surface area (Å²) in [5.74, 6) is -1.66. The Hall–Kier alpha value is -3.88. The molecule has 0 aliphatic heterocycles. The van der Waals surface area contributed by atoms with Crippen molar-refractivity contribution in [2.45, 2.75) is 84.8 Å². The number of ether oxygens (including phenoxy) is 3. The highest BCUT2D eigenvalue weighted by Gasteiger charge is 2.30. The summed E-state index contributed by atoms with van der Waals surface area (Å²) in [6.07, 6.45) is -0.662. The van der Waals surface area contributed by atoms with Crippen molar-refractivity contribution >= 4 is 23.9 Å². The second-order valence-electron chi connectivity index (χ2n) is 10.7. The zero-order valence-corrected chi connectivity index (χ0v) is 23.4. The molecule has 2 N–H and O–H groups in total. The molecule has 2 aromatic carbocycles. The summed E-state index contributed by atoms with van der Waals surface area (Å²) >= 11 is 0. The molecule has 0 radical (unpaired) electrons. The molecule has 0 spiro atoms. The average molecular weight is 541 g/mol. The number of nitrogens with one attached hydrogen (secondary N) is 2. The van der Waals surface area contributed by atoms with Gasteiger partial charge in [0.25, 0.3) is 0 Å². The Kier molecular flexibility index (Phi) is 12.5. The summed E-state index contributed by atoms with van der Waals surface area (Å²) in [7, 11) is 0. The second kappa shape index (κ2) is 15.5. The molecule has 0 aliphatic rings. The Balaban J connectivity index is 2.05. The largest absolute Gasteiger partial charge is 0.461 e. The molecule has 212 valence electrons. The van der Waals surface area contributed by atoms with Crippen LogP contribution in [0.1, 0.15) is 65.0 Å². The first kappa shape index (κ1) is 31.3. The molecule has 0 aromatic heterocycles. The topological polar surface area (TPSA) is 120 Å². The Bertz CT molecular complexity index is 1070. The van der Waals surface area contributed by atoms with Gasteiger partial charge in [0.15, 0.2) is 0 Å². The number of carbonyl (C=O) groups excluding carboxylic acids is 4. The number of esters is 2. The number of hydrogen-bond donors (Lipinski definition) is 2. The quantitative estimate of drug-likeness (QED) is 0.280. The summed E-state index contributed by atoms with van der Waals surface area (Å²) in [6.45, 7) is 9.10. The highest BCUT2D eigenvalue weighted by Crippen LogP contribution is 2.12. The number of hydrogen-bond acceptors (Lipinski definition) is 7. The fourth-order valence-electron chi connectivity index (χ4n) is 3.58. The van der Waals surface area contributed by atoms with Gasteiger partial charge in [-0.2, -0.15) is 0 Å². The minimum absolute atomic E-state index is 0.0494. The number of alkyl carbamates (subject to hydrolysis) is 1. The zero-order chi connectivity index (χ0) is 28.8. The van der Waals surface area contributed by atoms with E-state index in [0.717, 1.165) is 11.1 Å². The summed E-state index contributed by atoms with van der Waals surface area (Å²) in [5, 5.41) is 5.22. The van der Waals surface area contributed by atoms with E-state index in [1.54, 1.807) is 20.8 Å². The van der Waals surface area contributed by atoms with Crippen molar-refractivity contribution in [1.82, 2.24) is 10.6 Å². The SMILES string of the molecule is CC(C)C[C@H](NC(=O)[C@@H](CCC(=O)OCc1ccccc1)NC(=O)OC(C)(C)C)C(=O)OCc1ccccc1. The van der Waals surface area contributed by atoms with E-state index in [0.29, 0.717) is 6.42 Å². The highest BCUT2D eigenvalue weighted by molar-refractivity contribution is 5.90. The van der Waals surface area contributed by atoms with Crippen molar-refractivity contribution in [3.8, 4) is 0 Å². The predicted molar refractivity (Wildman–Crippen MR) is 146 cm³/mol. The molecular weight excluding hydrogens is 500 g/mol. The van der Waals surface area contributed by atoms with E-state index < -0.39 is 41.6 Å². The lowest BCUT2D eigenvalue weighted by Crippen LogP contribution is -2.53. The summed E-state index contributed by atoms with van der Waals surface area (Å²) in [6, 6.07) is 16.3. The van der Waals surface area contributed by atoms with E-state index in [1.807, 2.05) is 74.5 Å². The van der Waals surface area contributed by atoms with Crippen LogP contribution in [0.5, 0.6) is 0 Å². The number of benzene rings is 2. The third kappa shape index (κ3) is 13.0. The average Bonchev–Trinajstić information content (AvgIpc) is 2.87. The van der Waals surface area contributed by atoms with E-state index in [1.165, 1.54) is 0 Å². The molecule has 0 bridgehead atoms. The maximum absolute atomic E-state index is 13.3. The van der Waals surface area contributed by atoms with Gasteiger partial charge in [0.2, 0.25) is 5.91 Å². The van der Waals surface area contributed by atoms with Gasteiger partial charge in [0, 0.05) is 6.42 Å². The van der Waals surface area contributed by atoms with Crippen LogP contribution in [-0.2, 0) is 41.8 Å². The fraction of sp³-hybridized carbons (Fsp3) is 0.467. The minimum Gasteiger partial charge on any atom is -0.461 e. The number of carbonyl (C=O) groups is 4. The zero-order valence-electron chi connectivity index (χ0n) is 23.4. The Labute approximate surface area is 230 Å². The molecule has 0 fully saturated rings. The van der Waals surface area contributed by atoms with Gasteiger partial charge >= 0.3 is 18.0 Å². The molecule has 2 amide bonds. The molecule has 9 heteroatoms. The van der Waals surface area contributed by atoms with Crippen molar-refractivity contribution in [3.05, 3.63) is 71.8 Å². The second-order valence-corrected chi connectivity index (χ2v) is 10.7. The molecule has 0 aliphatic carbocycles. The van der Waals surface area contributed by atoms with Crippen LogP contribution in [0.25, 0.3) is 0 Å². The van der Waals surface area contributed by atoms with Crippen LogP contribution in [-0.4, -0.2) is 41.6 Å². The predicted octanol–water partition coefficient (Wildman–Crippen LogP) is 4.68. The summed E-state index contributed by atoms with van der Waals surface area (Å²) in [5.41, 5.74) is 0.859. The van der Waals surface area contributed by atoms with Gasteiger partial charge < -0.3 is 24.8 Å². The standard InChI is InChI=1S/C30H40N2O7/c1-21(2)18-25(28(35)38-20-23-14-10-7-11-15-23)31-27(34)24(32-29(36)39-30(3,4)5)16-17-26(33)37-19-22-12-8-6-9-13-22/h6-15,21,24-25H,16-20H2,1-5H3,(H,31,34)(H,32,36)/t24-,25+/m1/s1. The van der Waals surface area contributed by atoms with Crippen LogP contribution in [0.4, 0.5) is 4.79 Å². The van der Waals surface area contributed by atoms with Gasteiger partial charge in [-0.25, -0.2) is 9.59 Å². The monoisotopic (exact) mass is 540 g/mol. The van der Waals surface area contributed by atoms with Gasteiger partial charge in [0.05, 0.1) is 0 Å². The van der Waals surface area contributed by atoms with E-state index in [4.69, 9.17) is 14.2 Å². The number of rotatable bonds is 13. The smallest absolute Gasteiger partial charge is 0.408 e. The van der Waals surface area contributed by atoms with Gasteiger partial charge in [-0.1, -0.05) is 74.5 Å². The molecule has 0 saturated heterocycles. The van der Waals surface area contributed by atoms with Gasteiger partial charge in [0.1, 0.15) is 30.9 Å². The molecule has 2 rings (SSSR count). The molecule has 2 aromatic rings.